The Morgan fingerprint density at radius 2 is 2.00 bits per heavy atom. The highest BCUT2D eigenvalue weighted by atomic mass is 35.5. The number of rotatable bonds is 2. The Bertz CT molecular complexity index is 830. The number of halogens is 4. The topological polar surface area (TPSA) is 30.7 Å². The van der Waals surface area contributed by atoms with Gasteiger partial charge in [-0.2, -0.15) is 0 Å². The molecule has 0 fully saturated rings. The first-order chi connectivity index (χ1) is 9.99. The Morgan fingerprint density at radius 3 is 2.71 bits per heavy atom. The van der Waals surface area contributed by atoms with Gasteiger partial charge in [0.25, 0.3) is 0 Å². The number of hydrogen-bond acceptors (Lipinski definition) is 2. The van der Waals surface area contributed by atoms with Gasteiger partial charge < -0.3 is 0 Å². The third kappa shape index (κ3) is 2.25. The quantitative estimate of drug-likeness (QED) is 0.526. The second-order valence-corrected chi connectivity index (χ2v) is 5.14. The van der Waals surface area contributed by atoms with Crippen molar-refractivity contribution in [2.24, 2.45) is 0 Å². The second-order valence-electron chi connectivity index (χ2n) is 4.49. The Balaban J connectivity index is 2.41. The molecular formula is C14H9ClF3N3. The maximum Gasteiger partial charge on any atom is 0.183 e. The van der Waals surface area contributed by atoms with E-state index in [1.807, 2.05) is 0 Å². The van der Waals surface area contributed by atoms with Gasteiger partial charge in [-0.15, -0.1) is 11.6 Å². The number of aromatic nitrogens is 3. The third-order valence-electron chi connectivity index (χ3n) is 3.01. The summed E-state index contributed by atoms with van der Waals surface area (Å²) in [5, 5.41) is -0.593. The fraction of sp³-hybridized carbons (Fsp3) is 0.143. The van der Waals surface area contributed by atoms with Crippen LogP contribution in [0.25, 0.3) is 16.9 Å². The van der Waals surface area contributed by atoms with Crippen LogP contribution in [0.3, 0.4) is 0 Å². The number of hydrogen-bond donors (Lipinski definition) is 0. The summed E-state index contributed by atoms with van der Waals surface area (Å²) in [4.78, 5) is 8.34. The first-order valence-electron chi connectivity index (χ1n) is 6.11. The third-order valence-corrected chi connectivity index (χ3v) is 3.21. The van der Waals surface area contributed by atoms with Crippen LogP contribution >= 0.6 is 11.6 Å². The molecule has 1 unspecified atom stereocenters. The van der Waals surface area contributed by atoms with Crippen molar-refractivity contribution in [3.8, 4) is 5.69 Å². The highest BCUT2D eigenvalue weighted by Gasteiger charge is 2.21. The molecule has 7 heteroatoms. The number of benzene rings is 1. The zero-order chi connectivity index (χ0) is 15.1. The molecule has 0 amide bonds. The lowest BCUT2D eigenvalue weighted by Gasteiger charge is -2.11. The molecule has 1 aromatic carbocycles. The highest BCUT2D eigenvalue weighted by Crippen LogP contribution is 2.29. The molecule has 2 aromatic heterocycles. The molecule has 0 bridgehead atoms. The summed E-state index contributed by atoms with van der Waals surface area (Å²) in [6.45, 7) is 1.63. The van der Waals surface area contributed by atoms with Gasteiger partial charge in [0.15, 0.2) is 17.3 Å². The monoisotopic (exact) mass is 311 g/mol. The molecule has 0 aliphatic carbocycles. The molecule has 3 nitrogen and oxygen atoms in total. The maximum absolute atomic E-state index is 14.1. The largest absolute Gasteiger partial charge is 0.276 e. The predicted octanol–water partition coefficient (Wildman–Crippen LogP) is 4.14. The molecule has 0 aliphatic heterocycles. The van der Waals surface area contributed by atoms with E-state index in [1.54, 1.807) is 19.1 Å². The maximum atomic E-state index is 14.1. The molecule has 21 heavy (non-hydrogen) atoms. The molecule has 3 aromatic rings. The van der Waals surface area contributed by atoms with Crippen LogP contribution in [0.1, 0.15) is 18.1 Å². The van der Waals surface area contributed by atoms with Gasteiger partial charge in [-0.3, -0.25) is 4.57 Å². The summed E-state index contributed by atoms with van der Waals surface area (Å²) in [5.74, 6) is -3.10. The molecule has 1 atom stereocenters. The van der Waals surface area contributed by atoms with Gasteiger partial charge >= 0.3 is 0 Å². The van der Waals surface area contributed by atoms with Crippen LogP contribution in [0, 0.1) is 17.5 Å². The number of alkyl halides is 1. The van der Waals surface area contributed by atoms with E-state index >= 15 is 0 Å². The molecule has 0 radical (unpaired) electrons. The van der Waals surface area contributed by atoms with Gasteiger partial charge in [0.2, 0.25) is 0 Å². The molecule has 2 heterocycles. The molecule has 108 valence electrons. The first kappa shape index (κ1) is 13.9. The van der Waals surface area contributed by atoms with Crippen molar-refractivity contribution in [2.75, 3.05) is 0 Å². The fourth-order valence-electron chi connectivity index (χ4n) is 2.14. The van der Waals surface area contributed by atoms with Crippen LogP contribution in [-0.2, 0) is 0 Å². The minimum Gasteiger partial charge on any atom is -0.276 e. The Hall–Kier alpha value is -2.08. The Morgan fingerprint density at radius 1 is 1.24 bits per heavy atom. The lowest BCUT2D eigenvalue weighted by atomic mass is 10.2. The van der Waals surface area contributed by atoms with Crippen molar-refractivity contribution in [2.45, 2.75) is 12.3 Å². The average Bonchev–Trinajstić information content (AvgIpc) is 2.82. The predicted molar refractivity (Wildman–Crippen MR) is 73.0 cm³/mol. The first-order valence-corrected chi connectivity index (χ1v) is 6.55. The number of pyridine rings is 1. The normalized spacial score (nSPS) is 12.8. The summed E-state index contributed by atoms with van der Waals surface area (Å²) < 4.78 is 42.2. The molecule has 0 aliphatic rings. The van der Waals surface area contributed by atoms with Crippen molar-refractivity contribution in [3.63, 3.8) is 0 Å². The van der Waals surface area contributed by atoms with E-state index in [1.165, 1.54) is 10.8 Å². The van der Waals surface area contributed by atoms with Gasteiger partial charge in [0.05, 0.1) is 11.1 Å². The summed E-state index contributed by atoms with van der Waals surface area (Å²) in [7, 11) is 0. The van der Waals surface area contributed by atoms with E-state index in [4.69, 9.17) is 11.6 Å². The number of imidazole rings is 1. The zero-order valence-corrected chi connectivity index (χ0v) is 11.6. The van der Waals surface area contributed by atoms with E-state index in [0.717, 1.165) is 6.07 Å². The van der Waals surface area contributed by atoms with Crippen molar-refractivity contribution >= 4 is 22.8 Å². The van der Waals surface area contributed by atoms with Gasteiger partial charge in [-0.25, -0.2) is 23.1 Å². The van der Waals surface area contributed by atoms with Crippen LogP contribution in [0.15, 0.2) is 30.5 Å². The summed E-state index contributed by atoms with van der Waals surface area (Å²) >= 11 is 6.04. The minimum absolute atomic E-state index is 0.259. The van der Waals surface area contributed by atoms with Gasteiger partial charge in [-0.05, 0) is 19.1 Å². The van der Waals surface area contributed by atoms with Crippen LogP contribution < -0.4 is 0 Å². The zero-order valence-electron chi connectivity index (χ0n) is 10.8. The smallest absolute Gasteiger partial charge is 0.183 e. The number of nitrogens with zero attached hydrogens (tertiary/aromatic N) is 3. The summed E-state index contributed by atoms with van der Waals surface area (Å²) in [5.41, 5.74) is 0.434. The van der Waals surface area contributed by atoms with E-state index in [2.05, 4.69) is 9.97 Å². The van der Waals surface area contributed by atoms with Crippen LogP contribution in [0.2, 0.25) is 0 Å². The van der Waals surface area contributed by atoms with Gasteiger partial charge in [-0.1, -0.05) is 0 Å². The van der Waals surface area contributed by atoms with E-state index in [-0.39, 0.29) is 17.2 Å². The summed E-state index contributed by atoms with van der Waals surface area (Å²) in [6.07, 6.45) is 1.48. The van der Waals surface area contributed by atoms with Gasteiger partial charge in [0.1, 0.15) is 17.2 Å². The number of fused-ring (bicyclic) bond motifs is 1. The van der Waals surface area contributed by atoms with Crippen LogP contribution in [0.5, 0.6) is 0 Å². The lowest BCUT2D eigenvalue weighted by Crippen LogP contribution is -2.07. The van der Waals surface area contributed by atoms with Crippen molar-refractivity contribution in [1.82, 2.24) is 14.5 Å². The van der Waals surface area contributed by atoms with Crippen LogP contribution in [-0.4, -0.2) is 14.5 Å². The van der Waals surface area contributed by atoms with Crippen LogP contribution in [0.4, 0.5) is 13.2 Å². The molecule has 0 spiro atoms. The van der Waals surface area contributed by atoms with E-state index < -0.39 is 22.8 Å². The Labute approximate surface area is 123 Å². The minimum atomic E-state index is -1.28. The molecular weight excluding hydrogens is 303 g/mol. The van der Waals surface area contributed by atoms with Crippen molar-refractivity contribution in [1.29, 1.82) is 0 Å². The molecule has 3 rings (SSSR count). The van der Waals surface area contributed by atoms with Gasteiger partial charge in [0, 0.05) is 18.3 Å². The van der Waals surface area contributed by atoms with Crippen molar-refractivity contribution < 1.29 is 13.2 Å². The Kier molecular flexibility index (Phi) is 3.33. The lowest BCUT2D eigenvalue weighted by molar-refractivity contribution is 0.490. The fourth-order valence-corrected chi connectivity index (χ4v) is 2.29. The highest BCUT2D eigenvalue weighted by molar-refractivity contribution is 6.20. The summed E-state index contributed by atoms with van der Waals surface area (Å²) in [6, 6.07) is 4.69. The average molecular weight is 312 g/mol. The SMILES string of the molecule is CC(Cl)c1nc2cccnc2n1-c1cc(F)cc(F)c1F. The van der Waals surface area contributed by atoms with Crippen molar-refractivity contribution in [3.05, 3.63) is 53.7 Å². The molecule has 0 saturated carbocycles. The van der Waals surface area contributed by atoms with E-state index in [9.17, 15) is 13.2 Å². The molecule has 0 saturated heterocycles. The van der Waals surface area contributed by atoms with E-state index in [0.29, 0.717) is 11.6 Å². The second kappa shape index (κ2) is 5.04. The molecule has 0 N–H and O–H groups in total. The standard InChI is InChI=1S/C14H9ClF3N3/c1-7(15)13-20-10-3-2-4-19-14(10)21(13)11-6-8(16)5-9(17)12(11)18/h2-7H,1H3.